The molecule has 34 heavy (non-hydrogen) atoms. The van der Waals surface area contributed by atoms with Gasteiger partial charge in [0.1, 0.15) is 10.8 Å². The zero-order chi connectivity index (χ0) is 24.8. The number of hydrogen-bond acceptors (Lipinski definition) is 8. The first-order valence-electron chi connectivity index (χ1n) is 11.1. The van der Waals surface area contributed by atoms with Gasteiger partial charge in [0.25, 0.3) is 0 Å². The van der Waals surface area contributed by atoms with Crippen molar-refractivity contribution >= 4 is 40.0 Å². The molecule has 182 valence electrons. The van der Waals surface area contributed by atoms with Gasteiger partial charge in [0.15, 0.2) is 17.1 Å². The van der Waals surface area contributed by atoms with Crippen molar-refractivity contribution in [3.05, 3.63) is 51.7 Å². The van der Waals surface area contributed by atoms with E-state index in [0.717, 1.165) is 21.8 Å². The number of carbonyl (C=O) groups excluding carboxylic acids is 2. The summed E-state index contributed by atoms with van der Waals surface area (Å²) in [5, 5.41) is 12.6. The highest BCUT2D eigenvalue weighted by Gasteiger charge is 2.21. The smallest absolute Gasteiger partial charge is 0.341 e. The van der Waals surface area contributed by atoms with Gasteiger partial charge in [0.2, 0.25) is 5.91 Å². The molecule has 8 nitrogen and oxygen atoms in total. The number of carbonyl (C=O) groups is 2. The van der Waals surface area contributed by atoms with Crippen molar-refractivity contribution in [1.82, 2.24) is 14.8 Å². The fourth-order valence-corrected chi connectivity index (χ4v) is 5.25. The summed E-state index contributed by atoms with van der Waals surface area (Å²) < 4.78 is 13.2. The number of thioether (sulfide) groups is 1. The third-order valence-corrected chi connectivity index (χ3v) is 6.80. The van der Waals surface area contributed by atoms with Crippen molar-refractivity contribution in [1.29, 1.82) is 0 Å². The molecule has 3 aromatic rings. The molecule has 1 atom stereocenters. The van der Waals surface area contributed by atoms with Gasteiger partial charge in [-0.2, -0.15) is 0 Å². The summed E-state index contributed by atoms with van der Waals surface area (Å²) in [6, 6.07) is 7.81. The molecule has 3 rings (SSSR count). The van der Waals surface area contributed by atoms with E-state index in [9.17, 15) is 9.59 Å². The maximum atomic E-state index is 12.6. The standard InChI is InChI=1S/C24H30N4O4S2/c1-7-28-21(17(6)32-18-10-14(3)9-15(4)11-18)26-27-24(28)33-13-20(29)25-22-19(12-16(5)34-22)23(30)31-8-2/h9-12,17H,7-8,13H2,1-6H3,(H,25,29). The van der Waals surface area contributed by atoms with Crippen LogP contribution in [0.25, 0.3) is 0 Å². The van der Waals surface area contributed by atoms with Gasteiger partial charge in [-0.25, -0.2) is 4.79 Å². The Balaban J connectivity index is 1.66. The van der Waals surface area contributed by atoms with Gasteiger partial charge in [-0.15, -0.1) is 21.5 Å². The van der Waals surface area contributed by atoms with Crippen LogP contribution in [-0.4, -0.2) is 39.0 Å². The van der Waals surface area contributed by atoms with Gasteiger partial charge >= 0.3 is 5.97 Å². The van der Waals surface area contributed by atoms with Crippen LogP contribution in [0.5, 0.6) is 5.75 Å². The lowest BCUT2D eigenvalue weighted by Crippen LogP contribution is -2.16. The Labute approximate surface area is 208 Å². The molecular weight excluding hydrogens is 472 g/mol. The maximum Gasteiger partial charge on any atom is 0.341 e. The predicted octanol–water partition coefficient (Wildman–Crippen LogP) is 5.33. The largest absolute Gasteiger partial charge is 0.483 e. The molecule has 0 radical (unpaired) electrons. The minimum atomic E-state index is -0.442. The summed E-state index contributed by atoms with van der Waals surface area (Å²) in [6.45, 7) is 12.5. The Morgan fingerprint density at radius 3 is 2.47 bits per heavy atom. The van der Waals surface area contributed by atoms with E-state index in [-0.39, 0.29) is 24.4 Å². The molecule has 0 fully saturated rings. The number of aryl methyl sites for hydroxylation is 3. The monoisotopic (exact) mass is 502 g/mol. The van der Waals surface area contributed by atoms with Crippen LogP contribution in [0.3, 0.4) is 0 Å². The van der Waals surface area contributed by atoms with E-state index in [2.05, 4.69) is 21.6 Å². The third-order valence-electron chi connectivity index (χ3n) is 4.87. The molecule has 1 aromatic carbocycles. The third kappa shape index (κ3) is 6.38. The Bertz CT molecular complexity index is 1150. The number of esters is 1. The predicted molar refractivity (Wildman–Crippen MR) is 135 cm³/mol. The van der Waals surface area contributed by atoms with Gasteiger partial charge in [0, 0.05) is 11.4 Å². The molecule has 1 amide bonds. The Kier molecular flexibility index (Phi) is 8.73. The van der Waals surface area contributed by atoms with Crippen molar-refractivity contribution in [3.8, 4) is 5.75 Å². The maximum absolute atomic E-state index is 12.6. The number of nitrogens with one attached hydrogen (secondary N) is 1. The lowest BCUT2D eigenvalue weighted by atomic mass is 10.1. The molecule has 0 aliphatic rings. The molecule has 1 unspecified atom stereocenters. The van der Waals surface area contributed by atoms with Crippen LogP contribution < -0.4 is 10.1 Å². The number of ether oxygens (including phenoxy) is 2. The second kappa shape index (κ2) is 11.5. The minimum Gasteiger partial charge on any atom is -0.483 e. The first-order valence-corrected chi connectivity index (χ1v) is 12.9. The summed E-state index contributed by atoms with van der Waals surface area (Å²) in [7, 11) is 0. The number of aromatic nitrogens is 3. The summed E-state index contributed by atoms with van der Waals surface area (Å²) in [4.78, 5) is 25.7. The Morgan fingerprint density at radius 2 is 1.82 bits per heavy atom. The molecule has 0 spiro atoms. The molecule has 10 heteroatoms. The van der Waals surface area contributed by atoms with Crippen LogP contribution in [0.15, 0.2) is 29.4 Å². The van der Waals surface area contributed by atoms with Crippen LogP contribution in [0.1, 0.15) is 59.1 Å². The highest BCUT2D eigenvalue weighted by atomic mass is 32.2. The van der Waals surface area contributed by atoms with Crippen molar-refractivity contribution in [2.24, 2.45) is 0 Å². The van der Waals surface area contributed by atoms with Gasteiger partial charge < -0.3 is 19.4 Å². The molecule has 0 aliphatic heterocycles. The molecule has 2 aromatic heterocycles. The minimum absolute atomic E-state index is 0.129. The number of amides is 1. The Hall–Kier alpha value is -2.85. The average Bonchev–Trinajstić information content (AvgIpc) is 3.34. The van der Waals surface area contributed by atoms with E-state index in [4.69, 9.17) is 9.47 Å². The normalized spacial score (nSPS) is 11.8. The van der Waals surface area contributed by atoms with Crippen molar-refractivity contribution in [3.63, 3.8) is 0 Å². The summed E-state index contributed by atoms with van der Waals surface area (Å²) >= 11 is 2.64. The van der Waals surface area contributed by atoms with E-state index in [1.54, 1.807) is 13.0 Å². The number of rotatable bonds is 10. The second-order valence-corrected chi connectivity index (χ2v) is 10.0. The number of thiophene rings is 1. The van der Waals surface area contributed by atoms with Gasteiger partial charge in [-0.1, -0.05) is 17.8 Å². The van der Waals surface area contributed by atoms with E-state index in [0.29, 0.717) is 28.1 Å². The number of nitrogens with zero attached hydrogens (tertiary/aromatic N) is 3. The van der Waals surface area contributed by atoms with Crippen LogP contribution in [0.2, 0.25) is 0 Å². The van der Waals surface area contributed by atoms with Crippen molar-refractivity contribution in [2.75, 3.05) is 17.7 Å². The SMILES string of the molecule is CCOC(=O)c1cc(C)sc1NC(=O)CSc1nnc(C(C)Oc2cc(C)cc(C)c2)n1CC. The van der Waals surface area contributed by atoms with Crippen LogP contribution in [-0.2, 0) is 16.1 Å². The summed E-state index contributed by atoms with van der Waals surface area (Å²) in [6.07, 6.45) is -0.307. The fourth-order valence-electron chi connectivity index (χ4n) is 3.52. The molecule has 1 N–H and O–H groups in total. The first kappa shape index (κ1) is 25.8. The van der Waals surface area contributed by atoms with E-state index >= 15 is 0 Å². The number of benzene rings is 1. The topological polar surface area (TPSA) is 95.3 Å². The summed E-state index contributed by atoms with van der Waals surface area (Å²) in [5.41, 5.74) is 2.64. The Morgan fingerprint density at radius 1 is 1.12 bits per heavy atom. The molecule has 2 heterocycles. The molecule has 0 aliphatic carbocycles. The molecular formula is C24H30N4O4S2. The number of anilines is 1. The first-order chi connectivity index (χ1) is 16.2. The van der Waals surface area contributed by atoms with E-state index in [1.165, 1.54) is 23.1 Å². The van der Waals surface area contributed by atoms with E-state index < -0.39 is 5.97 Å². The van der Waals surface area contributed by atoms with Crippen LogP contribution >= 0.6 is 23.1 Å². The summed E-state index contributed by atoms with van der Waals surface area (Å²) in [5.74, 6) is 0.937. The molecule has 0 saturated carbocycles. The van der Waals surface area contributed by atoms with Gasteiger partial charge in [0.05, 0.1) is 17.9 Å². The highest BCUT2D eigenvalue weighted by Crippen LogP contribution is 2.29. The van der Waals surface area contributed by atoms with Crippen LogP contribution in [0.4, 0.5) is 5.00 Å². The molecule has 0 bridgehead atoms. The van der Waals surface area contributed by atoms with Crippen LogP contribution in [0, 0.1) is 20.8 Å². The highest BCUT2D eigenvalue weighted by molar-refractivity contribution is 7.99. The second-order valence-electron chi connectivity index (χ2n) is 7.83. The van der Waals surface area contributed by atoms with Gasteiger partial charge in [-0.3, -0.25) is 4.79 Å². The fraction of sp³-hybridized carbons (Fsp3) is 0.417. The zero-order valence-corrected chi connectivity index (χ0v) is 21.9. The lowest BCUT2D eigenvalue weighted by Gasteiger charge is -2.16. The van der Waals surface area contributed by atoms with E-state index in [1.807, 2.05) is 51.3 Å². The number of hydrogen-bond donors (Lipinski definition) is 1. The zero-order valence-electron chi connectivity index (χ0n) is 20.3. The average molecular weight is 503 g/mol. The van der Waals surface area contributed by atoms with Gasteiger partial charge in [-0.05, 0) is 70.9 Å². The quantitative estimate of drug-likeness (QED) is 0.296. The molecule has 0 saturated heterocycles. The van der Waals surface area contributed by atoms with Crippen molar-refractivity contribution < 1.29 is 19.1 Å². The lowest BCUT2D eigenvalue weighted by molar-refractivity contribution is -0.113. The van der Waals surface area contributed by atoms with Crippen molar-refractivity contribution in [2.45, 2.75) is 59.3 Å².